The Bertz CT molecular complexity index is 891. The molecule has 2 aromatic carbocycles. The van der Waals surface area contributed by atoms with Crippen LogP contribution in [0.15, 0.2) is 54.6 Å². The molecule has 1 atom stereocenters. The molecule has 0 spiro atoms. The first-order valence-corrected chi connectivity index (χ1v) is 11.6. The first-order valence-electron chi connectivity index (χ1n) is 11.2. The van der Waals surface area contributed by atoms with Crippen molar-refractivity contribution in [1.82, 2.24) is 15.1 Å². The summed E-state index contributed by atoms with van der Waals surface area (Å²) < 4.78 is 0. The van der Waals surface area contributed by atoms with Crippen LogP contribution in [-0.4, -0.2) is 53.8 Å². The average Bonchev–Trinajstić information content (AvgIpc) is 3.34. The Labute approximate surface area is 189 Å². The Morgan fingerprint density at radius 3 is 2.26 bits per heavy atom. The fourth-order valence-electron chi connectivity index (χ4n) is 4.71. The van der Waals surface area contributed by atoms with Crippen molar-refractivity contribution in [3.63, 3.8) is 0 Å². The Morgan fingerprint density at radius 1 is 0.935 bits per heavy atom. The van der Waals surface area contributed by atoms with Crippen LogP contribution in [0.5, 0.6) is 0 Å². The summed E-state index contributed by atoms with van der Waals surface area (Å²) in [6.45, 7) is 3.98. The maximum Gasteiger partial charge on any atom is 0.253 e. The van der Waals surface area contributed by atoms with Crippen LogP contribution < -0.4 is 5.32 Å². The van der Waals surface area contributed by atoms with Gasteiger partial charge in [0.15, 0.2) is 0 Å². The summed E-state index contributed by atoms with van der Waals surface area (Å²) in [5.74, 6) is -0.173. The van der Waals surface area contributed by atoms with Crippen LogP contribution in [0.2, 0.25) is 5.02 Å². The molecule has 0 bridgehead atoms. The van der Waals surface area contributed by atoms with Crippen LogP contribution in [0, 0.1) is 0 Å². The molecule has 0 saturated carbocycles. The van der Waals surface area contributed by atoms with Crippen molar-refractivity contribution in [1.29, 1.82) is 0 Å². The number of halogens is 1. The maximum atomic E-state index is 13.1. The van der Waals surface area contributed by atoms with E-state index in [1.807, 2.05) is 35.2 Å². The fourth-order valence-corrected chi connectivity index (χ4v) is 4.93. The predicted octanol–water partition coefficient (Wildman–Crippen LogP) is 4.29. The molecule has 6 heteroatoms. The topological polar surface area (TPSA) is 52.7 Å². The normalized spacial score (nSPS) is 18.7. The van der Waals surface area contributed by atoms with E-state index in [1.54, 1.807) is 24.3 Å². The van der Waals surface area contributed by atoms with Gasteiger partial charge in [0.2, 0.25) is 5.91 Å². The van der Waals surface area contributed by atoms with Gasteiger partial charge < -0.3 is 15.1 Å². The van der Waals surface area contributed by atoms with Gasteiger partial charge in [0.1, 0.15) is 0 Å². The number of nitrogens with one attached hydrogen (secondary N) is 1. The minimum Gasteiger partial charge on any atom is -0.345 e. The third-order valence-corrected chi connectivity index (χ3v) is 6.81. The van der Waals surface area contributed by atoms with E-state index in [9.17, 15) is 9.59 Å². The highest BCUT2D eigenvalue weighted by Gasteiger charge is 2.30. The highest BCUT2D eigenvalue weighted by atomic mass is 35.5. The number of hydrogen-bond acceptors (Lipinski definition) is 3. The third-order valence-electron chi connectivity index (χ3n) is 6.48. The van der Waals surface area contributed by atoms with Crippen molar-refractivity contribution in [3.8, 4) is 0 Å². The molecule has 0 radical (unpaired) electrons. The van der Waals surface area contributed by atoms with Gasteiger partial charge >= 0.3 is 0 Å². The zero-order chi connectivity index (χ0) is 21.6. The summed E-state index contributed by atoms with van der Waals surface area (Å²) in [6, 6.07) is 16.9. The van der Waals surface area contributed by atoms with Gasteiger partial charge in [-0.05, 0) is 56.5 Å². The molecule has 2 aliphatic heterocycles. The van der Waals surface area contributed by atoms with E-state index in [-0.39, 0.29) is 18.2 Å². The number of piperidine rings is 1. The number of carbonyl (C=O) groups excluding carboxylic acids is 2. The Hall–Kier alpha value is -2.37. The maximum absolute atomic E-state index is 13.1. The zero-order valence-electron chi connectivity index (χ0n) is 17.8. The van der Waals surface area contributed by atoms with Gasteiger partial charge in [-0.3, -0.25) is 9.59 Å². The van der Waals surface area contributed by atoms with Crippen molar-refractivity contribution in [2.24, 2.45) is 0 Å². The third kappa shape index (κ3) is 5.46. The highest BCUT2D eigenvalue weighted by molar-refractivity contribution is 6.33. The molecule has 2 fully saturated rings. The van der Waals surface area contributed by atoms with Gasteiger partial charge in [-0.2, -0.15) is 0 Å². The quantitative estimate of drug-likeness (QED) is 0.730. The largest absolute Gasteiger partial charge is 0.345 e. The molecular formula is C25H30ClN3O2. The summed E-state index contributed by atoms with van der Waals surface area (Å²) in [6.07, 6.45) is 4.90. The lowest BCUT2D eigenvalue weighted by molar-refractivity contribution is -0.133. The lowest BCUT2D eigenvalue weighted by Crippen LogP contribution is -2.46. The Morgan fingerprint density at radius 2 is 1.58 bits per heavy atom. The molecule has 31 heavy (non-hydrogen) atoms. The van der Waals surface area contributed by atoms with E-state index in [0.717, 1.165) is 31.5 Å². The molecule has 1 N–H and O–H groups in total. The second kappa shape index (κ2) is 10.3. The summed E-state index contributed by atoms with van der Waals surface area (Å²) in [7, 11) is 0. The number of amides is 2. The van der Waals surface area contributed by atoms with Crippen molar-refractivity contribution < 1.29 is 9.59 Å². The first-order chi connectivity index (χ1) is 15.1. The molecule has 4 rings (SSSR count). The van der Waals surface area contributed by atoms with E-state index >= 15 is 0 Å². The van der Waals surface area contributed by atoms with Crippen LogP contribution >= 0.6 is 11.6 Å². The van der Waals surface area contributed by atoms with Gasteiger partial charge in [0.25, 0.3) is 5.91 Å². The molecule has 164 valence electrons. The first kappa shape index (κ1) is 21.8. The van der Waals surface area contributed by atoms with Gasteiger partial charge in [-0.1, -0.05) is 54.1 Å². The van der Waals surface area contributed by atoms with Crippen molar-refractivity contribution in [2.75, 3.05) is 26.2 Å². The monoisotopic (exact) mass is 439 g/mol. The molecule has 2 heterocycles. The van der Waals surface area contributed by atoms with E-state index in [1.165, 1.54) is 25.9 Å². The molecule has 1 unspecified atom stereocenters. The average molecular weight is 440 g/mol. The predicted molar refractivity (Wildman–Crippen MR) is 123 cm³/mol. The highest BCUT2D eigenvalue weighted by Crippen LogP contribution is 2.24. The van der Waals surface area contributed by atoms with Crippen LogP contribution in [0.1, 0.15) is 54.1 Å². The number of carbonyl (C=O) groups is 2. The molecule has 2 saturated heterocycles. The van der Waals surface area contributed by atoms with Gasteiger partial charge in [0, 0.05) is 19.1 Å². The van der Waals surface area contributed by atoms with Crippen LogP contribution in [0.3, 0.4) is 0 Å². The van der Waals surface area contributed by atoms with Crippen LogP contribution in [0.4, 0.5) is 0 Å². The Balaban J connectivity index is 1.41. The van der Waals surface area contributed by atoms with Gasteiger partial charge in [-0.15, -0.1) is 0 Å². The summed E-state index contributed by atoms with van der Waals surface area (Å²) in [5, 5.41) is 3.44. The van der Waals surface area contributed by atoms with E-state index in [2.05, 4.69) is 10.2 Å². The second-order valence-corrected chi connectivity index (χ2v) is 8.88. The number of likely N-dealkylation sites (tertiary alicyclic amines) is 2. The number of hydrogen-bond donors (Lipinski definition) is 1. The van der Waals surface area contributed by atoms with E-state index < -0.39 is 6.04 Å². The number of rotatable bonds is 6. The molecule has 2 aliphatic rings. The minimum atomic E-state index is -0.395. The lowest BCUT2D eigenvalue weighted by Gasteiger charge is -2.37. The van der Waals surface area contributed by atoms with E-state index in [0.29, 0.717) is 16.6 Å². The number of benzene rings is 2. The molecule has 2 amide bonds. The minimum absolute atomic E-state index is 0.0909. The fraction of sp³-hybridized carbons (Fsp3) is 0.440. The van der Waals surface area contributed by atoms with Crippen LogP contribution in [-0.2, 0) is 4.79 Å². The SMILES string of the molecule is O=C(NC(CC(=O)N1CCC(N2CCCC2)CC1)c1ccccc1)c1ccccc1Cl. The van der Waals surface area contributed by atoms with Crippen molar-refractivity contribution in [2.45, 2.75) is 44.2 Å². The number of nitrogens with zero attached hydrogens (tertiary/aromatic N) is 2. The second-order valence-electron chi connectivity index (χ2n) is 8.48. The van der Waals surface area contributed by atoms with E-state index in [4.69, 9.17) is 11.6 Å². The summed E-state index contributed by atoms with van der Waals surface area (Å²) in [5.41, 5.74) is 1.34. The standard InChI is InChI=1S/C25H30ClN3O2/c26-22-11-5-4-10-21(22)25(31)27-23(19-8-2-1-3-9-19)18-24(30)29-16-12-20(13-17-29)28-14-6-7-15-28/h1-5,8-11,20,23H,6-7,12-18H2,(H,27,31). The molecule has 0 aliphatic carbocycles. The summed E-state index contributed by atoms with van der Waals surface area (Å²) >= 11 is 6.20. The van der Waals surface area contributed by atoms with Crippen molar-refractivity contribution >= 4 is 23.4 Å². The summed E-state index contributed by atoms with van der Waals surface area (Å²) in [4.78, 5) is 30.5. The van der Waals surface area contributed by atoms with Crippen LogP contribution in [0.25, 0.3) is 0 Å². The Kier molecular flexibility index (Phi) is 7.25. The molecular weight excluding hydrogens is 410 g/mol. The lowest BCUT2D eigenvalue weighted by atomic mass is 9.99. The van der Waals surface area contributed by atoms with Gasteiger partial charge in [0.05, 0.1) is 23.0 Å². The smallest absolute Gasteiger partial charge is 0.253 e. The molecule has 2 aromatic rings. The van der Waals surface area contributed by atoms with Crippen molar-refractivity contribution in [3.05, 3.63) is 70.7 Å². The molecule has 5 nitrogen and oxygen atoms in total. The van der Waals surface area contributed by atoms with Gasteiger partial charge in [-0.25, -0.2) is 0 Å². The zero-order valence-corrected chi connectivity index (χ0v) is 18.6. The molecule has 0 aromatic heterocycles.